The van der Waals surface area contributed by atoms with Crippen molar-refractivity contribution in [3.8, 4) is 0 Å². The second-order valence-electron chi connectivity index (χ2n) is 5.78. The number of hydrogen-bond acceptors (Lipinski definition) is 2. The molecule has 2 N–H and O–H groups in total. The third-order valence-corrected chi connectivity index (χ3v) is 3.60. The van der Waals surface area contributed by atoms with Crippen molar-refractivity contribution in [1.82, 2.24) is 0 Å². The van der Waals surface area contributed by atoms with Crippen molar-refractivity contribution in [3.05, 3.63) is 41.5 Å². The van der Waals surface area contributed by atoms with Crippen molar-refractivity contribution in [2.75, 3.05) is 0 Å². The van der Waals surface area contributed by atoms with E-state index in [0.717, 1.165) is 24.1 Å². The highest BCUT2D eigenvalue weighted by atomic mass is 14.8. The number of aliphatic imine (C=N–C) groups is 1. The van der Waals surface area contributed by atoms with E-state index in [9.17, 15) is 0 Å². The summed E-state index contributed by atoms with van der Waals surface area (Å²) in [7, 11) is 0. The molecule has 1 unspecified atom stereocenters. The Morgan fingerprint density at radius 3 is 2.58 bits per heavy atom. The Balaban J connectivity index is 2.42. The maximum absolute atomic E-state index is 6.40. The molecule has 0 saturated heterocycles. The number of benzene rings is 1. The lowest BCUT2D eigenvalue weighted by molar-refractivity contribution is 0.525. The summed E-state index contributed by atoms with van der Waals surface area (Å²) in [5.74, 6) is 0.698. The highest BCUT2D eigenvalue weighted by Gasteiger charge is 2.22. The van der Waals surface area contributed by atoms with E-state index >= 15 is 0 Å². The van der Waals surface area contributed by atoms with Gasteiger partial charge in [0.1, 0.15) is 0 Å². The van der Waals surface area contributed by atoms with E-state index in [2.05, 4.69) is 32.9 Å². The summed E-state index contributed by atoms with van der Waals surface area (Å²) in [6.45, 7) is 6.55. The molecule has 0 spiro atoms. The Morgan fingerprint density at radius 2 is 1.95 bits per heavy atom. The monoisotopic (exact) mass is 256 g/mol. The van der Waals surface area contributed by atoms with Gasteiger partial charge in [-0.2, -0.15) is 0 Å². The number of hydrogen-bond donors (Lipinski definition) is 1. The zero-order chi connectivity index (χ0) is 13.8. The average molecular weight is 256 g/mol. The fourth-order valence-electron chi connectivity index (χ4n) is 2.61. The first-order chi connectivity index (χ1) is 9.08. The Labute approximate surface area is 116 Å². The SMILES string of the molecule is CC1CCC(=NC(C)C)C(=C(N)c2ccccc2)C1. The quantitative estimate of drug-likeness (QED) is 0.852. The van der Waals surface area contributed by atoms with Gasteiger partial charge in [0, 0.05) is 17.5 Å². The molecule has 0 heterocycles. The molecule has 1 fully saturated rings. The van der Waals surface area contributed by atoms with Crippen LogP contribution >= 0.6 is 0 Å². The smallest absolute Gasteiger partial charge is 0.0446 e. The fourth-order valence-corrected chi connectivity index (χ4v) is 2.61. The molecule has 2 nitrogen and oxygen atoms in total. The highest BCUT2D eigenvalue weighted by molar-refractivity contribution is 6.06. The summed E-state index contributed by atoms with van der Waals surface area (Å²) in [5.41, 5.74) is 10.9. The minimum absolute atomic E-state index is 0.335. The van der Waals surface area contributed by atoms with Crippen molar-refractivity contribution >= 4 is 11.4 Å². The van der Waals surface area contributed by atoms with E-state index in [-0.39, 0.29) is 0 Å². The molecule has 0 radical (unpaired) electrons. The predicted molar refractivity (Wildman–Crippen MR) is 83.1 cm³/mol. The minimum Gasteiger partial charge on any atom is -0.398 e. The summed E-state index contributed by atoms with van der Waals surface area (Å²) in [4.78, 5) is 4.78. The minimum atomic E-state index is 0.335. The lowest BCUT2D eigenvalue weighted by Crippen LogP contribution is -2.20. The van der Waals surface area contributed by atoms with Crippen LogP contribution in [0.3, 0.4) is 0 Å². The molecular weight excluding hydrogens is 232 g/mol. The van der Waals surface area contributed by atoms with Crippen LogP contribution < -0.4 is 5.73 Å². The van der Waals surface area contributed by atoms with Gasteiger partial charge in [0.05, 0.1) is 0 Å². The van der Waals surface area contributed by atoms with Crippen molar-refractivity contribution in [3.63, 3.8) is 0 Å². The van der Waals surface area contributed by atoms with Gasteiger partial charge in [-0.05, 0) is 50.2 Å². The number of nitrogens with zero attached hydrogens (tertiary/aromatic N) is 1. The zero-order valence-corrected chi connectivity index (χ0v) is 12.2. The molecule has 2 rings (SSSR count). The van der Waals surface area contributed by atoms with Crippen molar-refractivity contribution in [2.45, 2.75) is 46.1 Å². The Morgan fingerprint density at radius 1 is 1.26 bits per heavy atom. The number of rotatable bonds is 2. The first kappa shape index (κ1) is 13.9. The molecule has 1 saturated carbocycles. The number of allylic oxidation sites excluding steroid dienone is 1. The standard InChI is InChI=1S/C17H24N2/c1-12(2)19-16-10-9-13(3)11-15(16)17(18)14-7-5-4-6-8-14/h4-8,12-13H,9-11,18H2,1-3H3. The largest absolute Gasteiger partial charge is 0.398 e. The molecule has 1 aromatic rings. The Bertz CT molecular complexity index is 483. The van der Waals surface area contributed by atoms with E-state index in [1.165, 1.54) is 17.7 Å². The molecular formula is C17H24N2. The summed E-state index contributed by atoms with van der Waals surface area (Å²) in [6.07, 6.45) is 3.33. The van der Waals surface area contributed by atoms with Crippen molar-refractivity contribution in [2.24, 2.45) is 16.6 Å². The highest BCUT2D eigenvalue weighted by Crippen LogP contribution is 2.30. The van der Waals surface area contributed by atoms with Gasteiger partial charge < -0.3 is 5.73 Å². The van der Waals surface area contributed by atoms with Gasteiger partial charge in [-0.25, -0.2) is 0 Å². The molecule has 1 aliphatic carbocycles. The van der Waals surface area contributed by atoms with Crippen LogP contribution in [0.25, 0.3) is 5.70 Å². The molecule has 1 atom stereocenters. The van der Waals surface area contributed by atoms with Crippen molar-refractivity contribution in [1.29, 1.82) is 0 Å². The first-order valence-electron chi connectivity index (χ1n) is 7.19. The van der Waals surface area contributed by atoms with Crippen LogP contribution in [0.15, 0.2) is 40.9 Å². The second-order valence-corrected chi connectivity index (χ2v) is 5.78. The Hall–Kier alpha value is -1.57. The van der Waals surface area contributed by atoms with Crippen LogP contribution in [0.2, 0.25) is 0 Å². The van der Waals surface area contributed by atoms with Crippen LogP contribution in [-0.4, -0.2) is 11.8 Å². The van der Waals surface area contributed by atoms with E-state index in [0.29, 0.717) is 12.0 Å². The average Bonchev–Trinajstić information content (AvgIpc) is 2.40. The van der Waals surface area contributed by atoms with Crippen LogP contribution in [0.1, 0.15) is 45.6 Å². The molecule has 0 amide bonds. The van der Waals surface area contributed by atoms with E-state index in [4.69, 9.17) is 10.7 Å². The number of nitrogens with two attached hydrogens (primary N) is 1. The lowest BCUT2D eigenvalue weighted by Gasteiger charge is -2.25. The normalized spacial score (nSPS) is 24.8. The van der Waals surface area contributed by atoms with Crippen molar-refractivity contribution < 1.29 is 0 Å². The summed E-state index contributed by atoms with van der Waals surface area (Å²) in [6, 6.07) is 10.6. The molecule has 1 aromatic carbocycles. The predicted octanol–water partition coefficient (Wildman–Crippen LogP) is 4.03. The third-order valence-electron chi connectivity index (χ3n) is 3.60. The van der Waals surface area contributed by atoms with Crippen LogP contribution in [0.5, 0.6) is 0 Å². The van der Waals surface area contributed by atoms with Crippen LogP contribution in [-0.2, 0) is 0 Å². The van der Waals surface area contributed by atoms with Crippen LogP contribution in [0, 0.1) is 5.92 Å². The zero-order valence-electron chi connectivity index (χ0n) is 12.2. The Kier molecular flexibility index (Phi) is 4.41. The third kappa shape index (κ3) is 3.46. The van der Waals surface area contributed by atoms with E-state index in [1.54, 1.807) is 0 Å². The van der Waals surface area contributed by atoms with Crippen LogP contribution in [0.4, 0.5) is 0 Å². The summed E-state index contributed by atoms with van der Waals surface area (Å²) < 4.78 is 0. The maximum Gasteiger partial charge on any atom is 0.0446 e. The first-order valence-corrected chi connectivity index (χ1v) is 7.19. The summed E-state index contributed by atoms with van der Waals surface area (Å²) >= 11 is 0. The van der Waals surface area contributed by atoms with E-state index in [1.807, 2.05) is 18.2 Å². The molecule has 0 aliphatic heterocycles. The van der Waals surface area contributed by atoms with Gasteiger partial charge in [-0.15, -0.1) is 0 Å². The second kappa shape index (κ2) is 6.05. The van der Waals surface area contributed by atoms with Gasteiger partial charge in [0.2, 0.25) is 0 Å². The molecule has 102 valence electrons. The molecule has 2 heteroatoms. The van der Waals surface area contributed by atoms with Gasteiger partial charge in [-0.1, -0.05) is 37.3 Å². The fraction of sp³-hybridized carbons (Fsp3) is 0.471. The lowest BCUT2D eigenvalue weighted by atomic mass is 9.83. The molecule has 0 bridgehead atoms. The molecule has 19 heavy (non-hydrogen) atoms. The van der Waals surface area contributed by atoms with Gasteiger partial charge in [0.15, 0.2) is 0 Å². The van der Waals surface area contributed by atoms with E-state index < -0.39 is 0 Å². The molecule has 0 aromatic heterocycles. The summed E-state index contributed by atoms with van der Waals surface area (Å²) in [5, 5.41) is 0. The maximum atomic E-state index is 6.40. The van der Waals surface area contributed by atoms with Gasteiger partial charge >= 0.3 is 0 Å². The molecule has 1 aliphatic rings. The van der Waals surface area contributed by atoms with Gasteiger partial charge in [0.25, 0.3) is 0 Å². The topological polar surface area (TPSA) is 38.4 Å². The van der Waals surface area contributed by atoms with Gasteiger partial charge in [-0.3, -0.25) is 4.99 Å².